The minimum absolute atomic E-state index is 0.337. The summed E-state index contributed by atoms with van der Waals surface area (Å²) in [4.78, 5) is 20.2. The lowest BCUT2D eigenvalue weighted by Crippen LogP contribution is -2.10. The monoisotopic (exact) mass is 203 g/mol. The predicted octanol–water partition coefficient (Wildman–Crippen LogP) is 1.76. The third kappa shape index (κ3) is 8.83. The van der Waals surface area contributed by atoms with Gasteiger partial charge in [0.05, 0.1) is 6.61 Å². The highest BCUT2D eigenvalue weighted by Crippen LogP contribution is 1.99. The average Bonchev–Trinajstić information content (AvgIpc) is 2.18. The smallest absolute Gasteiger partial charge is 0.434 e. The molecule has 0 heterocycles. The van der Waals surface area contributed by atoms with Crippen molar-refractivity contribution in [2.75, 3.05) is 13.4 Å². The van der Waals surface area contributed by atoms with Crippen LogP contribution in [0.25, 0.3) is 0 Å². The van der Waals surface area contributed by atoms with E-state index < -0.39 is 12.9 Å². The fourth-order valence-electron chi connectivity index (χ4n) is 0.828. The third-order valence-electron chi connectivity index (χ3n) is 1.51. The van der Waals surface area contributed by atoms with Gasteiger partial charge in [0.2, 0.25) is 6.79 Å². The molecule has 0 unspecified atom stereocenters. The number of carbonyl (C=O) groups is 1. The molecule has 0 aromatic carbocycles. The van der Waals surface area contributed by atoms with E-state index in [-0.39, 0.29) is 0 Å². The van der Waals surface area contributed by atoms with Gasteiger partial charge in [-0.3, -0.25) is 0 Å². The molecule has 5 nitrogen and oxygen atoms in total. The summed E-state index contributed by atoms with van der Waals surface area (Å²) >= 11 is 0. The van der Waals surface area contributed by atoms with Gasteiger partial charge in [0, 0.05) is 0 Å². The maximum atomic E-state index is 10.7. The van der Waals surface area contributed by atoms with Crippen LogP contribution in [0.1, 0.15) is 32.6 Å². The molecule has 0 aliphatic heterocycles. The minimum atomic E-state index is -0.822. The highest BCUT2D eigenvalue weighted by atomic mass is 16.8. The van der Waals surface area contributed by atoms with Crippen molar-refractivity contribution < 1.29 is 23.8 Å². The van der Waals surface area contributed by atoms with Crippen molar-refractivity contribution in [3.05, 3.63) is 0 Å². The van der Waals surface area contributed by atoms with E-state index >= 15 is 0 Å². The molecule has 0 fully saturated rings. The Labute approximate surface area is 83.3 Å². The molecule has 0 aromatic rings. The van der Waals surface area contributed by atoms with E-state index in [2.05, 4.69) is 21.1 Å². The zero-order chi connectivity index (χ0) is 10.6. The van der Waals surface area contributed by atoms with E-state index in [0.29, 0.717) is 6.61 Å². The summed E-state index contributed by atoms with van der Waals surface area (Å²) in [5.41, 5.74) is 0. The molecular formula is C9H15O5. The van der Waals surface area contributed by atoms with Crippen molar-refractivity contribution in [1.29, 1.82) is 0 Å². The van der Waals surface area contributed by atoms with Gasteiger partial charge in [0.15, 0.2) is 0 Å². The molecule has 0 N–H and O–H groups in total. The van der Waals surface area contributed by atoms with Gasteiger partial charge in [0.25, 0.3) is 0 Å². The average molecular weight is 203 g/mol. The maximum absolute atomic E-state index is 10.7. The Morgan fingerprint density at radius 1 is 1.21 bits per heavy atom. The van der Waals surface area contributed by atoms with Gasteiger partial charge in [-0.25, -0.2) is 9.59 Å². The second-order valence-corrected chi connectivity index (χ2v) is 2.65. The second-order valence-electron chi connectivity index (χ2n) is 2.65. The molecule has 81 valence electrons. The van der Waals surface area contributed by atoms with Crippen molar-refractivity contribution >= 4 is 12.6 Å². The first kappa shape index (κ1) is 12.7. The molecule has 0 aliphatic carbocycles. The zero-order valence-corrected chi connectivity index (χ0v) is 8.28. The summed E-state index contributed by atoms with van der Waals surface area (Å²) in [6.45, 7) is 3.11. The highest BCUT2D eigenvalue weighted by Gasteiger charge is 2.02. The SMILES string of the molecule is CCCCCCOC(=O)OCO[C]=O. The van der Waals surface area contributed by atoms with E-state index in [9.17, 15) is 9.59 Å². The van der Waals surface area contributed by atoms with Crippen LogP contribution in [0.5, 0.6) is 0 Å². The third-order valence-corrected chi connectivity index (χ3v) is 1.51. The van der Waals surface area contributed by atoms with Crippen LogP contribution in [0.15, 0.2) is 0 Å². The van der Waals surface area contributed by atoms with Crippen LogP contribution in [0, 0.1) is 0 Å². The van der Waals surface area contributed by atoms with Gasteiger partial charge in [0.1, 0.15) is 0 Å². The van der Waals surface area contributed by atoms with Gasteiger partial charge in [-0.05, 0) is 6.42 Å². The van der Waals surface area contributed by atoms with E-state index in [1.165, 1.54) is 0 Å². The molecule has 0 aliphatic rings. The molecule has 0 atom stereocenters. The fourth-order valence-corrected chi connectivity index (χ4v) is 0.828. The van der Waals surface area contributed by atoms with Gasteiger partial charge >= 0.3 is 12.6 Å². The first-order valence-electron chi connectivity index (χ1n) is 4.59. The van der Waals surface area contributed by atoms with Crippen molar-refractivity contribution in [2.45, 2.75) is 32.6 Å². The molecule has 0 bridgehead atoms. The first-order valence-corrected chi connectivity index (χ1v) is 4.59. The summed E-state index contributed by atoms with van der Waals surface area (Å²) in [7, 11) is 0. The summed E-state index contributed by atoms with van der Waals surface area (Å²) < 4.78 is 13.0. The summed E-state index contributed by atoms with van der Waals surface area (Å²) in [6.07, 6.45) is 3.29. The molecule has 5 heteroatoms. The van der Waals surface area contributed by atoms with Crippen molar-refractivity contribution in [3.63, 3.8) is 0 Å². The van der Waals surface area contributed by atoms with Crippen LogP contribution in [0.3, 0.4) is 0 Å². The van der Waals surface area contributed by atoms with Crippen LogP contribution in [-0.4, -0.2) is 26.0 Å². The number of hydrogen-bond donors (Lipinski definition) is 0. The van der Waals surface area contributed by atoms with Gasteiger partial charge in [-0.1, -0.05) is 26.2 Å². The second kappa shape index (κ2) is 9.83. The Morgan fingerprint density at radius 2 is 2.00 bits per heavy atom. The molecule has 0 saturated heterocycles. The Morgan fingerprint density at radius 3 is 2.64 bits per heavy atom. The highest BCUT2D eigenvalue weighted by molar-refractivity contribution is 5.59. The molecular weight excluding hydrogens is 188 g/mol. The number of rotatable bonds is 8. The zero-order valence-electron chi connectivity index (χ0n) is 8.28. The van der Waals surface area contributed by atoms with Crippen LogP contribution >= 0.6 is 0 Å². The number of carbonyl (C=O) groups excluding carboxylic acids is 2. The summed E-state index contributed by atoms with van der Waals surface area (Å²) in [6, 6.07) is 0. The number of hydrogen-bond acceptors (Lipinski definition) is 5. The van der Waals surface area contributed by atoms with Gasteiger partial charge in [-0.15, -0.1) is 0 Å². The number of unbranched alkanes of at least 4 members (excludes halogenated alkanes) is 3. The molecule has 0 rings (SSSR count). The molecule has 0 aromatic heterocycles. The lowest BCUT2D eigenvalue weighted by atomic mass is 10.2. The molecule has 14 heavy (non-hydrogen) atoms. The van der Waals surface area contributed by atoms with Crippen LogP contribution < -0.4 is 0 Å². The van der Waals surface area contributed by atoms with Crippen LogP contribution in [-0.2, 0) is 19.0 Å². The maximum Gasteiger partial charge on any atom is 0.511 e. The quantitative estimate of drug-likeness (QED) is 0.341. The minimum Gasteiger partial charge on any atom is -0.434 e. The van der Waals surface area contributed by atoms with Crippen LogP contribution in [0.2, 0.25) is 0 Å². The lowest BCUT2D eigenvalue weighted by Gasteiger charge is -2.04. The Kier molecular flexibility index (Phi) is 8.94. The molecule has 1 radical (unpaired) electrons. The standard InChI is InChI=1S/C9H15O5/c1-2-3-4-5-6-13-9(11)14-8-12-7-10/h2-6,8H2,1H3. The summed E-state index contributed by atoms with van der Waals surface area (Å²) in [5.74, 6) is 0. The molecule has 0 spiro atoms. The van der Waals surface area contributed by atoms with E-state index in [1.807, 2.05) is 0 Å². The van der Waals surface area contributed by atoms with E-state index in [0.717, 1.165) is 32.2 Å². The largest absolute Gasteiger partial charge is 0.511 e. The Balaban J connectivity index is 3.14. The van der Waals surface area contributed by atoms with Crippen molar-refractivity contribution in [3.8, 4) is 0 Å². The number of ether oxygens (including phenoxy) is 3. The molecule has 0 saturated carbocycles. The lowest BCUT2D eigenvalue weighted by molar-refractivity contribution is -0.00145. The normalized spacial score (nSPS) is 9.21. The van der Waals surface area contributed by atoms with Crippen molar-refractivity contribution in [2.24, 2.45) is 0 Å². The van der Waals surface area contributed by atoms with Crippen LogP contribution in [0.4, 0.5) is 4.79 Å². The van der Waals surface area contributed by atoms with Crippen molar-refractivity contribution in [1.82, 2.24) is 0 Å². The Hall–Kier alpha value is -1.26. The van der Waals surface area contributed by atoms with Gasteiger partial charge in [-0.2, -0.15) is 0 Å². The first-order chi connectivity index (χ1) is 6.81. The summed E-state index contributed by atoms with van der Waals surface area (Å²) in [5, 5.41) is 0. The molecule has 0 amide bonds. The van der Waals surface area contributed by atoms with E-state index in [1.54, 1.807) is 0 Å². The Bertz CT molecular complexity index is 157. The predicted molar refractivity (Wildman–Crippen MR) is 48.2 cm³/mol. The van der Waals surface area contributed by atoms with Gasteiger partial charge < -0.3 is 14.2 Å². The van der Waals surface area contributed by atoms with E-state index in [4.69, 9.17) is 0 Å². The fraction of sp³-hybridized carbons (Fsp3) is 0.778. The topological polar surface area (TPSA) is 61.8 Å².